The molecule has 0 aromatic carbocycles. The molecular formula is C11H12FN5O3. The summed E-state index contributed by atoms with van der Waals surface area (Å²) >= 11 is 0. The highest BCUT2D eigenvalue weighted by Crippen LogP contribution is 2.35. The van der Waals surface area contributed by atoms with Crippen molar-refractivity contribution >= 4 is 23.1 Å². The number of nitrogens with zero attached hydrogens (tertiary/aromatic N) is 4. The number of imidazole rings is 1. The molecule has 9 heteroatoms. The molecule has 0 spiro atoms. The van der Waals surface area contributed by atoms with Crippen molar-refractivity contribution in [3.63, 3.8) is 0 Å². The van der Waals surface area contributed by atoms with Gasteiger partial charge in [0.05, 0.1) is 31.2 Å². The molecule has 1 aliphatic heterocycles. The molecule has 8 nitrogen and oxygen atoms in total. The Balaban J connectivity index is 1.96. The topological polar surface area (TPSA) is 116 Å². The molecule has 0 radical (unpaired) electrons. The number of hydrogen-bond donors (Lipinski definition) is 2. The molecule has 3 atom stereocenters. The van der Waals surface area contributed by atoms with Crippen LogP contribution in [0.5, 0.6) is 0 Å². The van der Waals surface area contributed by atoms with Crippen molar-refractivity contribution in [2.75, 3.05) is 12.3 Å². The quantitative estimate of drug-likeness (QED) is 0.748. The van der Waals surface area contributed by atoms with Gasteiger partial charge in [0.15, 0.2) is 5.65 Å². The van der Waals surface area contributed by atoms with Crippen molar-refractivity contribution in [1.82, 2.24) is 19.5 Å². The highest BCUT2D eigenvalue weighted by Gasteiger charge is 2.41. The van der Waals surface area contributed by atoms with Gasteiger partial charge in [-0.25, -0.2) is 9.97 Å². The van der Waals surface area contributed by atoms with E-state index < -0.39 is 30.9 Å². The number of anilines is 1. The molecule has 0 bridgehead atoms. The van der Waals surface area contributed by atoms with Crippen molar-refractivity contribution in [3.05, 3.63) is 12.5 Å². The van der Waals surface area contributed by atoms with Crippen molar-refractivity contribution < 1.29 is 19.0 Å². The van der Waals surface area contributed by atoms with Crippen LogP contribution in [0.2, 0.25) is 0 Å². The van der Waals surface area contributed by atoms with Gasteiger partial charge in [-0.1, -0.05) is 0 Å². The van der Waals surface area contributed by atoms with Gasteiger partial charge in [-0.3, -0.25) is 9.36 Å². The first-order valence-corrected chi connectivity index (χ1v) is 6.01. The number of halogens is 1. The number of hydrogen-bond acceptors (Lipinski definition) is 7. The van der Waals surface area contributed by atoms with Gasteiger partial charge in [0.2, 0.25) is 5.95 Å². The van der Waals surface area contributed by atoms with E-state index in [1.807, 2.05) is 0 Å². The highest BCUT2D eigenvalue weighted by molar-refractivity contribution is 5.73. The first kappa shape index (κ1) is 12.9. The van der Waals surface area contributed by atoms with E-state index in [0.717, 1.165) is 0 Å². The molecule has 1 aliphatic rings. The number of aromatic nitrogens is 4. The lowest BCUT2D eigenvalue weighted by Crippen LogP contribution is -2.24. The fourth-order valence-electron chi connectivity index (χ4n) is 2.36. The SMILES string of the molecule is Nc1ncc2ncn([C@H]3C[C@H](C(=O)F)[C@@H](CO)O3)c2n1. The predicted octanol–water partition coefficient (Wildman–Crippen LogP) is -0.199. The second-order valence-corrected chi connectivity index (χ2v) is 4.55. The highest BCUT2D eigenvalue weighted by atomic mass is 19.1. The lowest BCUT2D eigenvalue weighted by molar-refractivity contribution is -0.136. The lowest BCUT2D eigenvalue weighted by atomic mass is 10.0. The summed E-state index contributed by atoms with van der Waals surface area (Å²) in [5.41, 5.74) is 6.47. The maximum atomic E-state index is 12.9. The first-order valence-electron chi connectivity index (χ1n) is 6.01. The van der Waals surface area contributed by atoms with Crippen molar-refractivity contribution in [3.8, 4) is 0 Å². The number of aliphatic hydroxyl groups is 1. The third kappa shape index (κ3) is 2.00. The Morgan fingerprint density at radius 2 is 2.40 bits per heavy atom. The first-order chi connectivity index (χ1) is 9.60. The van der Waals surface area contributed by atoms with Crippen LogP contribution >= 0.6 is 0 Å². The van der Waals surface area contributed by atoms with Crippen LogP contribution in [0.1, 0.15) is 12.6 Å². The molecule has 1 saturated heterocycles. The second kappa shape index (κ2) is 4.76. The van der Waals surface area contributed by atoms with Gasteiger partial charge in [0.1, 0.15) is 11.7 Å². The normalized spacial score (nSPS) is 26.2. The summed E-state index contributed by atoms with van der Waals surface area (Å²) in [4.78, 5) is 22.9. The molecule has 0 aliphatic carbocycles. The third-order valence-corrected chi connectivity index (χ3v) is 3.35. The maximum absolute atomic E-state index is 12.9. The van der Waals surface area contributed by atoms with E-state index in [0.29, 0.717) is 11.2 Å². The Morgan fingerprint density at radius 1 is 1.60 bits per heavy atom. The standard InChI is InChI=1S/C11H12FN5O3/c12-9(19)5-1-8(20-7(5)3-18)17-4-15-6-2-14-11(13)16-10(6)17/h2,4-5,7-8,18H,1,3H2,(H2,13,14,16)/t5-,7+,8+/m0/s1. The van der Waals surface area contributed by atoms with Crippen LogP contribution < -0.4 is 5.73 Å². The molecule has 20 heavy (non-hydrogen) atoms. The molecule has 3 rings (SSSR count). The molecule has 2 aromatic heterocycles. The molecule has 1 fully saturated rings. The van der Waals surface area contributed by atoms with Crippen LogP contribution in [0.3, 0.4) is 0 Å². The zero-order valence-corrected chi connectivity index (χ0v) is 10.3. The van der Waals surface area contributed by atoms with Crippen LogP contribution in [0, 0.1) is 5.92 Å². The molecule has 3 heterocycles. The Morgan fingerprint density at radius 3 is 3.05 bits per heavy atom. The summed E-state index contributed by atoms with van der Waals surface area (Å²) in [5.74, 6) is -0.907. The minimum atomic E-state index is -1.50. The van der Waals surface area contributed by atoms with E-state index in [4.69, 9.17) is 15.6 Å². The van der Waals surface area contributed by atoms with Crippen molar-refractivity contribution in [2.24, 2.45) is 5.92 Å². The van der Waals surface area contributed by atoms with E-state index in [-0.39, 0.29) is 12.4 Å². The van der Waals surface area contributed by atoms with Gasteiger partial charge in [0, 0.05) is 6.42 Å². The van der Waals surface area contributed by atoms with Crippen molar-refractivity contribution in [2.45, 2.75) is 18.8 Å². The number of carbonyl (C=O) groups excluding carboxylic acids is 1. The second-order valence-electron chi connectivity index (χ2n) is 4.55. The van der Waals surface area contributed by atoms with Crippen LogP contribution in [-0.4, -0.2) is 43.4 Å². The summed E-state index contributed by atoms with van der Waals surface area (Å²) in [7, 11) is 0. The summed E-state index contributed by atoms with van der Waals surface area (Å²) in [6, 6.07) is -1.50. The average Bonchev–Trinajstić information content (AvgIpc) is 3.00. The van der Waals surface area contributed by atoms with Gasteiger partial charge >= 0.3 is 6.04 Å². The summed E-state index contributed by atoms with van der Waals surface area (Å²) < 4.78 is 20.0. The third-order valence-electron chi connectivity index (χ3n) is 3.35. The number of nitrogen functional groups attached to an aromatic ring is 1. The number of nitrogens with two attached hydrogens (primary N) is 1. The number of fused-ring (bicyclic) bond motifs is 1. The van der Waals surface area contributed by atoms with Crippen LogP contribution in [-0.2, 0) is 9.53 Å². The number of aliphatic hydroxyl groups excluding tert-OH is 1. The zero-order chi connectivity index (χ0) is 14.3. The van der Waals surface area contributed by atoms with E-state index in [2.05, 4.69) is 15.0 Å². The predicted molar refractivity (Wildman–Crippen MR) is 65.0 cm³/mol. The Labute approximate surface area is 112 Å². The number of ether oxygens (including phenoxy) is 1. The maximum Gasteiger partial charge on any atom is 0.307 e. The molecule has 3 N–H and O–H groups in total. The summed E-state index contributed by atoms with van der Waals surface area (Å²) in [6.45, 7) is -0.430. The Hall–Kier alpha value is -2.13. The number of rotatable bonds is 3. The molecular weight excluding hydrogens is 269 g/mol. The van der Waals surface area contributed by atoms with Gasteiger partial charge in [0.25, 0.3) is 0 Å². The Bertz CT molecular complexity index is 661. The van der Waals surface area contributed by atoms with E-state index >= 15 is 0 Å². The lowest BCUT2D eigenvalue weighted by Gasteiger charge is -2.13. The van der Waals surface area contributed by atoms with Crippen molar-refractivity contribution in [1.29, 1.82) is 0 Å². The Kier molecular flexibility index (Phi) is 3.07. The molecule has 2 aromatic rings. The van der Waals surface area contributed by atoms with Crippen LogP contribution in [0.15, 0.2) is 12.5 Å². The van der Waals surface area contributed by atoms with Gasteiger partial charge in [-0.2, -0.15) is 9.37 Å². The fraction of sp³-hybridized carbons (Fsp3) is 0.455. The van der Waals surface area contributed by atoms with Gasteiger partial charge in [-0.15, -0.1) is 0 Å². The minimum absolute atomic E-state index is 0.0778. The van der Waals surface area contributed by atoms with Crippen LogP contribution in [0.4, 0.5) is 10.3 Å². The smallest absolute Gasteiger partial charge is 0.307 e. The minimum Gasteiger partial charge on any atom is -0.394 e. The molecule has 106 valence electrons. The zero-order valence-electron chi connectivity index (χ0n) is 10.3. The molecule has 0 amide bonds. The van der Waals surface area contributed by atoms with Crippen LogP contribution in [0.25, 0.3) is 11.2 Å². The monoisotopic (exact) mass is 281 g/mol. The van der Waals surface area contributed by atoms with Gasteiger partial charge in [-0.05, 0) is 0 Å². The summed E-state index contributed by atoms with van der Waals surface area (Å²) in [5, 5.41) is 9.14. The van der Waals surface area contributed by atoms with E-state index in [9.17, 15) is 9.18 Å². The van der Waals surface area contributed by atoms with E-state index in [1.54, 1.807) is 4.57 Å². The summed E-state index contributed by atoms with van der Waals surface area (Å²) in [6.07, 6.45) is 1.54. The molecule has 0 saturated carbocycles. The number of carbonyl (C=O) groups is 1. The fourth-order valence-corrected chi connectivity index (χ4v) is 2.36. The van der Waals surface area contributed by atoms with Gasteiger partial charge < -0.3 is 15.6 Å². The average molecular weight is 281 g/mol. The largest absolute Gasteiger partial charge is 0.394 e. The molecule has 0 unspecified atom stereocenters. The van der Waals surface area contributed by atoms with E-state index in [1.165, 1.54) is 12.5 Å².